The van der Waals surface area contributed by atoms with E-state index in [1.165, 1.54) is 108 Å². The Morgan fingerprint density at radius 3 is 1.23 bits per heavy atom. The van der Waals surface area contributed by atoms with E-state index < -0.39 is 8.07 Å². The lowest BCUT2D eigenvalue weighted by atomic mass is 9.74. The Balaban J connectivity index is 1.19. The average Bonchev–Trinajstić information content (AvgIpc) is 3.78. The first-order valence-corrected chi connectivity index (χ1v) is 22.6. The number of nitrogens with zero attached hydrogens (tertiary/aromatic N) is 2. The van der Waals surface area contributed by atoms with Crippen molar-refractivity contribution in [3.63, 3.8) is 0 Å². The summed E-state index contributed by atoms with van der Waals surface area (Å²) in [6.45, 7) is 0. The number of benzene rings is 5. The van der Waals surface area contributed by atoms with Crippen molar-refractivity contribution in [1.82, 2.24) is 0 Å². The van der Waals surface area contributed by atoms with Crippen LogP contribution in [0.25, 0.3) is 0 Å². The molecule has 8 fully saturated rings. The Morgan fingerprint density at radius 1 is 0.423 bits per heavy atom. The molecule has 52 heavy (non-hydrogen) atoms. The molecule has 8 saturated carbocycles. The zero-order valence-corrected chi connectivity index (χ0v) is 31.7. The quantitative estimate of drug-likeness (QED) is 0.171. The molecule has 5 aromatic rings. The van der Waals surface area contributed by atoms with Gasteiger partial charge in [-0.1, -0.05) is 96.5 Å². The van der Waals surface area contributed by atoms with Gasteiger partial charge in [0.2, 0.25) is 0 Å². The maximum atomic E-state index is 7.37. The number of anilines is 4. The minimum absolute atomic E-state index is 0.132. The van der Waals surface area contributed by atoms with Crippen LogP contribution in [0.5, 0.6) is 0 Å². The van der Waals surface area contributed by atoms with Crippen LogP contribution in [0.4, 0.5) is 22.7 Å². The molecule has 4 atom stereocenters. The largest absolute Gasteiger partial charge is 0.335 e. The summed E-state index contributed by atoms with van der Waals surface area (Å²) in [5.74, 6) is 5.16. The molecule has 4 unspecified atom stereocenters. The lowest BCUT2D eigenvalue weighted by Gasteiger charge is -2.51. The molecule has 2 nitrogen and oxygen atoms in total. The molecule has 0 radical (unpaired) electrons. The molecule has 1 aliphatic heterocycles. The van der Waals surface area contributed by atoms with Crippen LogP contribution < -0.4 is 30.5 Å². The molecular weight excluding hydrogens is 668 g/mol. The number of halogens is 1. The normalized spacial score (nSPS) is 34.1. The molecule has 8 aliphatic carbocycles. The highest BCUT2D eigenvalue weighted by molar-refractivity contribution is 7.20. The average molecular weight is 715 g/mol. The van der Waals surface area contributed by atoms with Crippen LogP contribution in [0.1, 0.15) is 64.2 Å². The van der Waals surface area contributed by atoms with Gasteiger partial charge in [0.05, 0.1) is 0 Å². The molecule has 0 N–H and O–H groups in total. The van der Waals surface area contributed by atoms with Gasteiger partial charge in [-0.15, -0.1) is 0 Å². The fourth-order valence-electron chi connectivity index (χ4n) is 14.4. The summed E-state index contributed by atoms with van der Waals surface area (Å²) < 4.78 is 0. The highest BCUT2D eigenvalue weighted by Gasteiger charge is 2.60. The maximum absolute atomic E-state index is 7.37. The summed E-state index contributed by atoms with van der Waals surface area (Å²) in [5, 5.41) is 6.68. The molecule has 14 rings (SSSR count). The van der Waals surface area contributed by atoms with Crippen molar-refractivity contribution in [3.8, 4) is 0 Å². The summed E-state index contributed by atoms with van der Waals surface area (Å²) in [6.07, 6.45) is 13.6. The molecule has 0 saturated heterocycles. The van der Waals surface area contributed by atoms with E-state index in [1.807, 2.05) is 0 Å². The van der Waals surface area contributed by atoms with Crippen molar-refractivity contribution < 1.29 is 0 Å². The lowest BCUT2D eigenvalue weighted by molar-refractivity contribution is 0.231. The first-order chi connectivity index (χ1) is 25.5. The smallest absolute Gasteiger partial charge is 0.179 e. The van der Waals surface area contributed by atoms with Crippen molar-refractivity contribution >= 4 is 63.2 Å². The van der Waals surface area contributed by atoms with Gasteiger partial charge in [-0.05, 0) is 163 Å². The first-order valence-electron chi connectivity index (χ1n) is 20.2. The number of hydrogen-bond acceptors (Lipinski definition) is 2. The molecule has 9 aliphatic rings. The highest BCUT2D eigenvalue weighted by Crippen LogP contribution is 2.65. The lowest BCUT2D eigenvalue weighted by Crippen LogP contribution is -2.74. The van der Waals surface area contributed by atoms with Crippen LogP contribution in [0.2, 0.25) is 5.02 Å². The van der Waals surface area contributed by atoms with Gasteiger partial charge in [0, 0.05) is 38.9 Å². The summed E-state index contributed by atoms with van der Waals surface area (Å²) in [5.41, 5.74) is 5.54. The van der Waals surface area contributed by atoms with Crippen molar-refractivity contribution in [2.24, 2.45) is 35.5 Å². The first kappa shape index (κ1) is 30.6. The molecule has 0 spiro atoms. The third kappa shape index (κ3) is 4.19. The van der Waals surface area contributed by atoms with Crippen molar-refractivity contribution in [1.29, 1.82) is 0 Å². The Hall–Kier alpha value is -3.79. The maximum Gasteiger partial charge on any atom is 0.179 e. The number of fused-ring (bicyclic) bond motifs is 6. The van der Waals surface area contributed by atoms with Gasteiger partial charge in [-0.25, -0.2) is 0 Å². The van der Waals surface area contributed by atoms with Gasteiger partial charge < -0.3 is 9.80 Å². The van der Waals surface area contributed by atoms with E-state index >= 15 is 0 Å². The second-order valence-electron chi connectivity index (χ2n) is 18.3. The zero-order valence-electron chi connectivity index (χ0n) is 29.9. The summed E-state index contributed by atoms with van der Waals surface area (Å²) >= 11 is 7.37. The van der Waals surface area contributed by atoms with E-state index in [9.17, 15) is 0 Å². The Bertz CT molecular complexity index is 2020. The van der Waals surface area contributed by atoms with Gasteiger partial charge in [-0.2, -0.15) is 0 Å². The van der Waals surface area contributed by atoms with E-state index in [-0.39, 0.29) is 11.1 Å². The van der Waals surface area contributed by atoms with Crippen LogP contribution in [-0.4, -0.2) is 19.2 Å². The standard InChI is InChI=1S/C48H47ClN2Si/c49-38-21-41-23-42(22-38)51(48-27-33-19-36(30-48)37(20-33)31-48)40-10-8-16-46(25-40)52(43-11-3-1-4-12-43,44-13-5-2-6-14-44)45-15-7-9-39(24-45)50(41)47-26-32-17-34(28-47)35(18-32)29-47/h1-16,21-25,32-37H,17-20,26-31H2. The van der Waals surface area contributed by atoms with E-state index in [2.05, 4.69) is 137 Å². The van der Waals surface area contributed by atoms with E-state index in [0.717, 1.165) is 40.5 Å². The minimum atomic E-state index is -2.78. The molecule has 0 amide bonds. The molecule has 5 aromatic carbocycles. The van der Waals surface area contributed by atoms with Gasteiger partial charge in [0.15, 0.2) is 8.07 Å². The van der Waals surface area contributed by atoms with E-state index in [4.69, 9.17) is 11.6 Å². The van der Waals surface area contributed by atoms with Crippen molar-refractivity contribution in [2.75, 3.05) is 9.80 Å². The molecular formula is C48H47ClN2Si. The molecule has 4 heteroatoms. The second-order valence-corrected chi connectivity index (χ2v) is 22.6. The topological polar surface area (TPSA) is 6.48 Å². The van der Waals surface area contributed by atoms with E-state index in [1.54, 1.807) is 0 Å². The molecule has 14 bridgehead atoms. The van der Waals surface area contributed by atoms with Gasteiger partial charge in [0.1, 0.15) is 0 Å². The monoisotopic (exact) mass is 714 g/mol. The van der Waals surface area contributed by atoms with Crippen LogP contribution >= 0.6 is 11.6 Å². The fourth-order valence-corrected chi connectivity index (χ4v) is 19.5. The molecule has 260 valence electrons. The predicted molar refractivity (Wildman–Crippen MR) is 218 cm³/mol. The minimum Gasteiger partial charge on any atom is -0.335 e. The van der Waals surface area contributed by atoms with Crippen LogP contribution in [0, 0.1) is 35.5 Å². The Kier molecular flexibility index (Phi) is 6.42. The summed E-state index contributed by atoms with van der Waals surface area (Å²) in [4.78, 5) is 5.70. The highest BCUT2D eigenvalue weighted by atomic mass is 35.5. The van der Waals surface area contributed by atoms with E-state index in [0.29, 0.717) is 0 Å². The fraction of sp³-hybridized carbons (Fsp3) is 0.375. The van der Waals surface area contributed by atoms with Crippen molar-refractivity contribution in [3.05, 3.63) is 132 Å². The van der Waals surface area contributed by atoms with Crippen LogP contribution in [0.15, 0.2) is 127 Å². The SMILES string of the molecule is Clc1cc2cc(c1)N(C13CC4CC(C1)C(C4)C3)c1cccc(c1)[Si](c1ccccc1)(c1ccccc1)c1cccc(c1)N2C12CC3CC(C1)C(C3)C2. The third-order valence-corrected chi connectivity index (χ3v) is 20.6. The van der Waals surface area contributed by atoms with Gasteiger partial charge in [0.25, 0.3) is 0 Å². The summed E-state index contributed by atoms with van der Waals surface area (Å²) in [6, 6.07) is 50.1. The Morgan fingerprint density at radius 2 is 0.827 bits per heavy atom. The molecule has 0 aromatic heterocycles. The number of rotatable bonds is 4. The van der Waals surface area contributed by atoms with Crippen LogP contribution in [-0.2, 0) is 0 Å². The van der Waals surface area contributed by atoms with Crippen molar-refractivity contribution in [2.45, 2.75) is 75.3 Å². The molecule has 1 heterocycles. The van der Waals surface area contributed by atoms with Gasteiger partial charge >= 0.3 is 0 Å². The number of hydrogen-bond donors (Lipinski definition) is 0. The zero-order chi connectivity index (χ0) is 34.2. The third-order valence-electron chi connectivity index (χ3n) is 15.6. The van der Waals surface area contributed by atoms with Gasteiger partial charge in [-0.3, -0.25) is 0 Å². The predicted octanol–water partition coefficient (Wildman–Crippen LogP) is 9.46. The Labute approximate surface area is 314 Å². The summed E-state index contributed by atoms with van der Waals surface area (Å²) in [7, 11) is -2.78. The second kappa shape index (κ2) is 10.9. The van der Waals surface area contributed by atoms with Crippen LogP contribution in [0.3, 0.4) is 0 Å².